The van der Waals surface area contributed by atoms with Crippen molar-refractivity contribution in [3.63, 3.8) is 0 Å². The van der Waals surface area contributed by atoms with Crippen LogP contribution in [0, 0.1) is 0 Å². The number of nitrogens with zero attached hydrogens (tertiary/aromatic N) is 1. The molecule has 1 aliphatic heterocycles. The van der Waals surface area contributed by atoms with E-state index in [1.54, 1.807) is 12.4 Å². The molecule has 1 saturated heterocycles. The fourth-order valence-electron chi connectivity index (χ4n) is 2.24. The van der Waals surface area contributed by atoms with Gasteiger partial charge in [0.15, 0.2) is 0 Å². The molecule has 3 N–H and O–H groups in total. The number of carbonyl (C=O) groups is 1. The van der Waals surface area contributed by atoms with E-state index in [-0.39, 0.29) is 18.2 Å². The molecule has 2 rings (SSSR count). The maximum absolute atomic E-state index is 11.9. The molecule has 1 fully saturated rings. The summed E-state index contributed by atoms with van der Waals surface area (Å²) in [7, 11) is 0. The van der Waals surface area contributed by atoms with E-state index >= 15 is 0 Å². The summed E-state index contributed by atoms with van der Waals surface area (Å²) in [5.41, 5.74) is -0.480. The minimum Gasteiger partial charge on any atom is -0.444 e. The molecule has 2 heterocycles. The minimum atomic E-state index is -0.480. The zero-order chi connectivity index (χ0) is 13.9. The first-order chi connectivity index (χ1) is 8.96. The number of aromatic nitrogens is 2. The number of ether oxygens (including phenoxy) is 1. The van der Waals surface area contributed by atoms with Crippen molar-refractivity contribution in [1.29, 1.82) is 0 Å². The van der Waals surface area contributed by atoms with Gasteiger partial charge in [-0.3, -0.25) is 0 Å². The van der Waals surface area contributed by atoms with E-state index in [0.29, 0.717) is 0 Å². The minimum absolute atomic E-state index is 0.00486. The number of carbonyl (C=O) groups excluding carboxylic acids is 1. The Hall–Kier alpha value is -1.56. The average Bonchev–Trinajstić information content (AvgIpc) is 2.80. The summed E-state index contributed by atoms with van der Waals surface area (Å²) in [5.74, 6) is 0.848. The number of aromatic amines is 1. The Morgan fingerprint density at radius 2 is 2.32 bits per heavy atom. The van der Waals surface area contributed by atoms with Gasteiger partial charge < -0.3 is 20.4 Å². The number of amides is 1. The van der Waals surface area contributed by atoms with Gasteiger partial charge in [0.05, 0.1) is 12.1 Å². The monoisotopic (exact) mass is 266 g/mol. The van der Waals surface area contributed by atoms with Gasteiger partial charge in [-0.25, -0.2) is 9.78 Å². The number of imidazole rings is 1. The first-order valence-electron chi connectivity index (χ1n) is 6.68. The van der Waals surface area contributed by atoms with Crippen LogP contribution in [0.4, 0.5) is 4.79 Å². The van der Waals surface area contributed by atoms with Crippen LogP contribution < -0.4 is 10.6 Å². The molecular weight excluding hydrogens is 244 g/mol. The summed E-state index contributed by atoms with van der Waals surface area (Å²) >= 11 is 0. The fourth-order valence-corrected chi connectivity index (χ4v) is 2.24. The lowest BCUT2D eigenvalue weighted by molar-refractivity contribution is 0.0480. The number of nitrogens with one attached hydrogen (secondary N) is 3. The smallest absolute Gasteiger partial charge is 0.407 e. The Kier molecular flexibility index (Phi) is 4.09. The lowest BCUT2D eigenvalue weighted by Gasteiger charge is -2.32. The van der Waals surface area contributed by atoms with Gasteiger partial charge in [0, 0.05) is 12.4 Å². The molecule has 0 unspecified atom stereocenters. The molecule has 1 amide bonds. The van der Waals surface area contributed by atoms with Crippen LogP contribution in [0.15, 0.2) is 12.4 Å². The van der Waals surface area contributed by atoms with Crippen molar-refractivity contribution < 1.29 is 9.53 Å². The topological polar surface area (TPSA) is 79.0 Å². The standard InChI is InChI=1S/C13H22N4O2/c1-13(2,3)19-12(18)17-9-5-4-6-14-10(9)11-15-7-8-16-11/h7-10,14H,4-6H2,1-3H3,(H,15,16)(H,17,18)/t9-,10-/m1/s1. The molecule has 2 atom stereocenters. The number of rotatable bonds is 2. The van der Waals surface area contributed by atoms with E-state index < -0.39 is 5.60 Å². The van der Waals surface area contributed by atoms with Gasteiger partial charge >= 0.3 is 6.09 Å². The fraction of sp³-hybridized carbons (Fsp3) is 0.692. The predicted molar refractivity (Wildman–Crippen MR) is 71.7 cm³/mol. The van der Waals surface area contributed by atoms with Gasteiger partial charge in [-0.1, -0.05) is 0 Å². The van der Waals surface area contributed by atoms with E-state index in [4.69, 9.17) is 4.74 Å². The van der Waals surface area contributed by atoms with Crippen molar-refractivity contribution in [2.45, 2.75) is 51.3 Å². The highest BCUT2D eigenvalue weighted by Crippen LogP contribution is 2.21. The van der Waals surface area contributed by atoms with Crippen molar-refractivity contribution >= 4 is 6.09 Å². The number of hydrogen-bond acceptors (Lipinski definition) is 4. The molecule has 1 aromatic heterocycles. The summed E-state index contributed by atoms with van der Waals surface area (Å²) in [6, 6.07) is 0.00557. The second-order valence-electron chi connectivity index (χ2n) is 5.80. The van der Waals surface area contributed by atoms with E-state index in [1.165, 1.54) is 0 Å². The van der Waals surface area contributed by atoms with Crippen molar-refractivity contribution in [3.8, 4) is 0 Å². The normalized spacial score (nSPS) is 23.9. The largest absolute Gasteiger partial charge is 0.444 e. The Labute approximate surface area is 113 Å². The highest BCUT2D eigenvalue weighted by molar-refractivity contribution is 5.68. The molecule has 6 heteroatoms. The quantitative estimate of drug-likeness (QED) is 0.761. The third-order valence-corrected chi connectivity index (χ3v) is 2.97. The number of alkyl carbamates (subject to hydrolysis) is 1. The highest BCUT2D eigenvalue weighted by Gasteiger charge is 2.30. The SMILES string of the molecule is CC(C)(C)OC(=O)N[C@@H]1CCCN[C@H]1c1ncc[nH]1. The van der Waals surface area contributed by atoms with Crippen molar-refractivity contribution in [2.24, 2.45) is 0 Å². The molecule has 1 aliphatic rings. The van der Waals surface area contributed by atoms with Crippen molar-refractivity contribution in [2.75, 3.05) is 6.54 Å². The van der Waals surface area contributed by atoms with Gasteiger partial charge in [-0.2, -0.15) is 0 Å². The molecule has 106 valence electrons. The first-order valence-corrected chi connectivity index (χ1v) is 6.68. The van der Waals surface area contributed by atoms with Crippen LogP contribution in [0.25, 0.3) is 0 Å². The van der Waals surface area contributed by atoms with Crippen LogP contribution in [0.3, 0.4) is 0 Å². The molecule has 0 bridgehead atoms. The zero-order valence-electron chi connectivity index (χ0n) is 11.7. The van der Waals surface area contributed by atoms with Crippen molar-refractivity contribution in [3.05, 3.63) is 18.2 Å². The molecule has 0 spiro atoms. The number of H-pyrrole nitrogens is 1. The predicted octanol–water partition coefficient (Wildman–Crippen LogP) is 1.73. The summed E-state index contributed by atoms with van der Waals surface area (Å²) in [4.78, 5) is 19.2. The molecule has 1 aromatic rings. The Bertz CT molecular complexity index is 411. The van der Waals surface area contributed by atoms with Gasteiger partial charge in [-0.05, 0) is 40.2 Å². The summed E-state index contributed by atoms with van der Waals surface area (Å²) in [6.45, 7) is 6.50. The summed E-state index contributed by atoms with van der Waals surface area (Å²) in [6.07, 6.45) is 5.07. The maximum Gasteiger partial charge on any atom is 0.407 e. The third-order valence-electron chi connectivity index (χ3n) is 2.97. The lowest BCUT2D eigenvalue weighted by Crippen LogP contribution is -2.49. The lowest BCUT2D eigenvalue weighted by atomic mass is 9.98. The van der Waals surface area contributed by atoms with Crippen LogP contribution >= 0.6 is 0 Å². The van der Waals surface area contributed by atoms with E-state index in [2.05, 4.69) is 20.6 Å². The Morgan fingerprint density at radius 1 is 1.53 bits per heavy atom. The molecule has 6 nitrogen and oxygen atoms in total. The molecule has 0 aliphatic carbocycles. The average molecular weight is 266 g/mol. The van der Waals surface area contributed by atoms with Gasteiger partial charge in [-0.15, -0.1) is 0 Å². The van der Waals surface area contributed by atoms with Gasteiger partial charge in [0.1, 0.15) is 11.4 Å². The molecule has 0 radical (unpaired) electrons. The number of hydrogen-bond donors (Lipinski definition) is 3. The third kappa shape index (κ3) is 3.96. The summed E-state index contributed by atoms with van der Waals surface area (Å²) in [5, 5.41) is 6.31. The molecule has 0 saturated carbocycles. The van der Waals surface area contributed by atoms with Crippen LogP contribution in [0.1, 0.15) is 45.5 Å². The van der Waals surface area contributed by atoms with Crippen LogP contribution in [0.2, 0.25) is 0 Å². The second-order valence-corrected chi connectivity index (χ2v) is 5.80. The van der Waals surface area contributed by atoms with E-state index in [0.717, 1.165) is 25.2 Å². The molecule has 19 heavy (non-hydrogen) atoms. The molecule has 0 aromatic carbocycles. The highest BCUT2D eigenvalue weighted by atomic mass is 16.6. The van der Waals surface area contributed by atoms with Gasteiger partial charge in [0.25, 0.3) is 0 Å². The van der Waals surface area contributed by atoms with E-state index in [9.17, 15) is 4.79 Å². The van der Waals surface area contributed by atoms with Crippen LogP contribution in [-0.4, -0.2) is 34.2 Å². The van der Waals surface area contributed by atoms with Crippen molar-refractivity contribution in [1.82, 2.24) is 20.6 Å². The molecular formula is C13H22N4O2. The van der Waals surface area contributed by atoms with Crippen LogP contribution in [-0.2, 0) is 4.74 Å². The summed E-state index contributed by atoms with van der Waals surface area (Å²) < 4.78 is 5.30. The number of piperidine rings is 1. The second kappa shape index (κ2) is 5.61. The zero-order valence-corrected chi connectivity index (χ0v) is 11.7. The van der Waals surface area contributed by atoms with E-state index in [1.807, 2.05) is 20.8 Å². The Morgan fingerprint density at radius 3 is 2.95 bits per heavy atom. The maximum atomic E-state index is 11.9. The first kappa shape index (κ1) is 13.9. The van der Waals surface area contributed by atoms with Crippen LogP contribution in [0.5, 0.6) is 0 Å². The Balaban J connectivity index is 1.98. The van der Waals surface area contributed by atoms with Gasteiger partial charge in [0.2, 0.25) is 0 Å².